The molecular weight excluding hydrogens is 332 g/mol. The molecule has 0 fully saturated rings. The summed E-state index contributed by atoms with van der Waals surface area (Å²) in [6, 6.07) is 3.53. The number of furan rings is 1. The van der Waals surface area contributed by atoms with E-state index in [-0.39, 0.29) is 12.2 Å². The van der Waals surface area contributed by atoms with E-state index in [4.69, 9.17) is 13.9 Å². The van der Waals surface area contributed by atoms with Gasteiger partial charge in [-0.3, -0.25) is 4.79 Å². The highest BCUT2D eigenvalue weighted by molar-refractivity contribution is 7.20. The zero-order valence-corrected chi connectivity index (χ0v) is 14.3. The predicted molar refractivity (Wildman–Crippen MR) is 89.6 cm³/mol. The number of carbonyl (C=O) groups is 1. The SMILES string of the molecule is COCCOC(=O)c1sc2nc(-c3ccc(C)o3)[nH]c(=O)c2c1C. The van der Waals surface area contributed by atoms with E-state index < -0.39 is 5.97 Å². The monoisotopic (exact) mass is 348 g/mol. The molecule has 8 heteroatoms. The maximum absolute atomic E-state index is 12.4. The molecule has 126 valence electrons. The van der Waals surface area contributed by atoms with E-state index in [0.29, 0.717) is 38.8 Å². The van der Waals surface area contributed by atoms with Crippen molar-refractivity contribution < 1.29 is 18.7 Å². The first kappa shape index (κ1) is 16.4. The van der Waals surface area contributed by atoms with Gasteiger partial charge in [0.25, 0.3) is 5.56 Å². The molecule has 0 atom stereocenters. The Hall–Kier alpha value is -2.45. The Morgan fingerprint density at radius 1 is 1.33 bits per heavy atom. The predicted octanol–water partition coefficient (Wildman–Crippen LogP) is 2.66. The fraction of sp³-hybridized carbons (Fsp3) is 0.312. The van der Waals surface area contributed by atoms with Crippen molar-refractivity contribution in [2.45, 2.75) is 13.8 Å². The third-order valence-electron chi connectivity index (χ3n) is 3.48. The Bertz CT molecular complexity index is 953. The number of aromatic nitrogens is 2. The Morgan fingerprint density at radius 2 is 2.12 bits per heavy atom. The van der Waals surface area contributed by atoms with Crippen LogP contribution in [-0.2, 0) is 9.47 Å². The maximum atomic E-state index is 12.4. The Balaban J connectivity index is 2.03. The van der Waals surface area contributed by atoms with Gasteiger partial charge < -0.3 is 18.9 Å². The van der Waals surface area contributed by atoms with E-state index in [1.54, 1.807) is 19.1 Å². The van der Waals surface area contributed by atoms with E-state index in [1.807, 2.05) is 6.92 Å². The third-order valence-corrected chi connectivity index (χ3v) is 4.65. The smallest absolute Gasteiger partial charge is 0.348 e. The molecule has 0 aromatic carbocycles. The number of methoxy groups -OCH3 is 1. The molecule has 0 unspecified atom stereocenters. The minimum absolute atomic E-state index is 0.156. The molecule has 3 heterocycles. The summed E-state index contributed by atoms with van der Waals surface area (Å²) < 4.78 is 15.5. The Morgan fingerprint density at radius 3 is 2.79 bits per heavy atom. The van der Waals surface area contributed by atoms with Crippen LogP contribution in [0.15, 0.2) is 21.3 Å². The summed E-state index contributed by atoms with van der Waals surface area (Å²) in [5, 5.41) is 0.394. The van der Waals surface area contributed by atoms with Crippen LogP contribution in [0.2, 0.25) is 0 Å². The standard InChI is InChI=1S/C16H16N2O5S/c1-8-4-5-10(23-8)13-17-14(19)11-9(2)12(24-15(11)18-13)16(20)22-7-6-21-3/h4-5H,6-7H2,1-3H3,(H,17,18,19). The van der Waals surface area contributed by atoms with Gasteiger partial charge >= 0.3 is 5.97 Å². The molecule has 1 N–H and O–H groups in total. The van der Waals surface area contributed by atoms with Gasteiger partial charge in [-0.15, -0.1) is 11.3 Å². The van der Waals surface area contributed by atoms with Crippen molar-refractivity contribution in [3.05, 3.63) is 38.7 Å². The van der Waals surface area contributed by atoms with Crippen LogP contribution in [0.4, 0.5) is 0 Å². The van der Waals surface area contributed by atoms with Crippen molar-refractivity contribution in [3.63, 3.8) is 0 Å². The van der Waals surface area contributed by atoms with Gasteiger partial charge in [-0.2, -0.15) is 0 Å². The second-order valence-corrected chi connectivity index (χ2v) is 6.19. The zero-order chi connectivity index (χ0) is 17.3. The van der Waals surface area contributed by atoms with Gasteiger partial charge in [0.05, 0.1) is 12.0 Å². The van der Waals surface area contributed by atoms with Gasteiger partial charge in [0.2, 0.25) is 0 Å². The number of fused-ring (bicyclic) bond motifs is 1. The first-order chi connectivity index (χ1) is 11.5. The van der Waals surface area contributed by atoms with Crippen molar-refractivity contribution in [1.82, 2.24) is 9.97 Å². The number of hydrogen-bond acceptors (Lipinski definition) is 7. The van der Waals surface area contributed by atoms with Crippen LogP contribution in [0.1, 0.15) is 21.0 Å². The molecule has 3 rings (SSSR count). The first-order valence-corrected chi connectivity index (χ1v) is 8.09. The average molecular weight is 348 g/mol. The molecule has 0 radical (unpaired) electrons. The number of aryl methyl sites for hydroxylation is 2. The van der Waals surface area contributed by atoms with Gasteiger partial charge in [-0.1, -0.05) is 0 Å². The van der Waals surface area contributed by atoms with Gasteiger partial charge in [0, 0.05) is 7.11 Å². The molecule has 0 saturated heterocycles. The van der Waals surface area contributed by atoms with Crippen LogP contribution in [0.25, 0.3) is 21.8 Å². The lowest BCUT2D eigenvalue weighted by atomic mass is 10.2. The van der Waals surface area contributed by atoms with Crippen molar-refractivity contribution in [1.29, 1.82) is 0 Å². The Kier molecular flexibility index (Phi) is 4.50. The van der Waals surface area contributed by atoms with Gasteiger partial charge in [0.15, 0.2) is 11.6 Å². The quantitative estimate of drug-likeness (QED) is 0.563. The molecule has 7 nitrogen and oxygen atoms in total. The van der Waals surface area contributed by atoms with Crippen molar-refractivity contribution in [2.24, 2.45) is 0 Å². The summed E-state index contributed by atoms with van der Waals surface area (Å²) in [5.74, 6) is 1.04. The molecule has 0 amide bonds. The van der Waals surface area contributed by atoms with Crippen LogP contribution in [-0.4, -0.2) is 36.3 Å². The van der Waals surface area contributed by atoms with E-state index in [2.05, 4.69) is 9.97 Å². The van der Waals surface area contributed by atoms with Crippen molar-refractivity contribution in [2.75, 3.05) is 20.3 Å². The second-order valence-electron chi connectivity index (χ2n) is 5.19. The summed E-state index contributed by atoms with van der Waals surface area (Å²) in [6.07, 6.45) is 0. The number of hydrogen-bond donors (Lipinski definition) is 1. The minimum Gasteiger partial charge on any atom is -0.459 e. The number of aromatic amines is 1. The molecule has 0 spiro atoms. The number of nitrogens with one attached hydrogen (secondary N) is 1. The van der Waals surface area contributed by atoms with Gasteiger partial charge in [-0.25, -0.2) is 9.78 Å². The molecule has 0 aliphatic carbocycles. The number of nitrogens with zero attached hydrogens (tertiary/aromatic N) is 1. The van der Waals surface area contributed by atoms with Crippen molar-refractivity contribution in [3.8, 4) is 11.6 Å². The van der Waals surface area contributed by atoms with E-state index in [0.717, 1.165) is 17.1 Å². The summed E-state index contributed by atoms with van der Waals surface area (Å²) in [6.45, 7) is 3.99. The number of ether oxygens (including phenoxy) is 2. The lowest BCUT2D eigenvalue weighted by Gasteiger charge is -2.02. The molecular formula is C16H16N2O5S. The van der Waals surface area contributed by atoms with E-state index in [1.165, 1.54) is 7.11 Å². The number of rotatable bonds is 5. The normalized spacial score (nSPS) is 11.1. The second kappa shape index (κ2) is 6.58. The summed E-state index contributed by atoms with van der Waals surface area (Å²) >= 11 is 1.13. The molecule has 0 aliphatic rings. The number of carbonyl (C=O) groups excluding carboxylic acids is 1. The number of esters is 1. The first-order valence-electron chi connectivity index (χ1n) is 7.27. The fourth-order valence-electron chi connectivity index (χ4n) is 2.30. The van der Waals surface area contributed by atoms with Crippen molar-refractivity contribution >= 4 is 27.5 Å². The molecule has 0 aliphatic heterocycles. The molecule has 24 heavy (non-hydrogen) atoms. The molecule has 0 bridgehead atoms. The van der Waals surface area contributed by atoms with Crippen LogP contribution < -0.4 is 5.56 Å². The highest BCUT2D eigenvalue weighted by Crippen LogP contribution is 2.29. The van der Waals surface area contributed by atoms with E-state index in [9.17, 15) is 9.59 Å². The van der Waals surface area contributed by atoms with Gasteiger partial charge in [-0.05, 0) is 31.5 Å². The van der Waals surface area contributed by atoms with Crippen LogP contribution >= 0.6 is 11.3 Å². The molecule has 3 aromatic rings. The van der Waals surface area contributed by atoms with Crippen LogP contribution in [0, 0.1) is 13.8 Å². The van der Waals surface area contributed by atoms with Crippen LogP contribution in [0.3, 0.4) is 0 Å². The number of thiophene rings is 1. The lowest BCUT2D eigenvalue weighted by molar-refractivity contribution is 0.0393. The lowest BCUT2D eigenvalue weighted by Crippen LogP contribution is -2.11. The third kappa shape index (κ3) is 2.98. The largest absolute Gasteiger partial charge is 0.459 e. The maximum Gasteiger partial charge on any atom is 0.348 e. The van der Waals surface area contributed by atoms with Gasteiger partial charge in [0.1, 0.15) is 22.1 Å². The highest BCUT2D eigenvalue weighted by Gasteiger charge is 2.21. The zero-order valence-electron chi connectivity index (χ0n) is 13.5. The Labute approximate surface area is 141 Å². The summed E-state index contributed by atoms with van der Waals surface area (Å²) in [4.78, 5) is 32.5. The fourth-order valence-corrected chi connectivity index (χ4v) is 3.38. The summed E-state index contributed by atoms with van der Waals surface area (Å²) in [5.41, 5.74) is 0.252. The highest BCUT2D eigenvalue weighted by atomic mass is 32.1. The summed E-state index contributed by atoms with van der Waals surface area (Å²) in [7, 11) is 1.53. The number of H-pyrrole nitrogens is 1. The van der Waals surface area contributed by atoms with Crippen LogP contribution in [0.5, 0.6) is 0 Å². The average Bonchev–Trinajstić information content (AvgIpc) is 3.11. The molecule has 3 aromatic heterocycles. The molecule has 0 saturated carbocycles. The minimum atomic E-state index is -0.484. The van der Waals surface area contributed by atoms with E-state index >= 15 is 0 Å². The topological polar surface area (TPSA) is 94.4 Å².